The van der Waals surface area contributed by atoms with E-state index in [0.29, 0.717) is 12.0 Å². The Morgan fingerprint density at radius 2 is 1.88 bits per heavy atom. The molecule has 1 aromatic rings. The minimum absolute atomic E-state index is 0.327. The van der Waals surface area contributed by atoms with E-state index in [9.17, 15) is 9.59 Å². The highest BCUT2D eigenvalue weighted by Crippen LogP contribution is 2.01. The number of nitrogens with one attached hydrogen (secondary N) is 2. The van der Waals surface area contributed by atoms with Crippen LogP contribution in [-0.4, -0.2) is 18.2 Å². The van der Waals surface area contributed by atoms with Crippen LogP contribution >= 0.6 is 11.6 Å². The van der Waals surface area contributed by atoms with E-state index in [1.807, 2.05) is 26.0 Å². The van der Waals surface area contributed by atoms with Crippen LogP contribution in [0, 0.1) is 6.92 Å². The molecule has 0 spiro atoms. The van der Waals surface area contributed by atoms with Crippen molar-refractivity contribution in [3.05, 3.63) is 35.4 Å². The second-order valence-corrected chi connectivity index (χ2v) is 3.38. The fraction of sp³-hybridized carbons (Fsp3) is 0.273. The molecule has 88 valence electrons. The zero-order valence-corrected chi connectivity index (χ0v) is 10.0. The fourth-order valence-electron chi connectivity index (χ4n) is 0.872. The summed E-state index contributed by atoms with van der Waals surface area (Å²) < 4.78 is 0. The summed E-state index contributed by atoms with van der Waals surface area (Å²) in [5, 5.41) is 0. The maximum Gasteiger partial charge on any atom is 0.269 e. The van der Waals surface area contributed by atoms with Crippen molar-refractivity contribution in [3.63, 3.8) is 0 Å². The van der Waals surface area contributed by atoms with Gasteiger partial charge in [0.25, 0.3) is 5.91 Å². The Bertz CT molecular complexity index is 325. The predicted octanol–water partition coefficient (Wildman–Crippen LogP) is 1.63. The monoisotopic (exact) mass is 242 g/mol. The van der Waals surface area contributed by atoms with Crippen molar-refractivity contribution in [2.45, 2.75) is 13.8 Å². The first-order valence-corrected chi connectivity index (χ1v) is 5.31. The quantitative estimate of drug-likeness (QED) is 0.481. The molecule has 0 heterocycles. The molecule has 0 aliphatic carbocycles. The third kappa shape index (κ3) is 6.03. The number of rotatable bonds is 3. The number of alkyl halides is 1. The van der Waals surface area contributed by atoms with Gasteiger partial charge in [-0.1, -0.05) is 24.6 Å². The topological polar surface area (TPSA) is 58.2 Å². The van der Waals surface area contributed by atoms with Crippen LogP contribution in [0.15, 0.2) is 24.3 Å². The molecule has 0 bridgehead atoms. The Morgan fingerprint density at radius 1 is 1.38 bits per heavy atom. The van der Waals surface area contributed by atoms with E-state index in [0.717, 1.165) is 11.4 Å². The molecule has 5 heteroatoms. The molecule has 0 atom stereocenters. The van der Waals surface area contributed by atoms with Crippen molar-refractivity contribution in [1.82, 2.24) is 10.9 Å². The van der Waals surface area contributed by atoms with Crippen LogP contribution in [0.5, 0.6) is 0 Å². The third-order valence-corrected chi connectivity index (χ3v) is 1.56. The first-order valence-electron chi connectivity index (χ1n) is 4.77. The predicted molar refractivity (Wildman–Crippen MR) is 64.2 cm³/mol. The molecule has 1 rings (SSSR count). The summed E-state index contributed by atoms with van der Waals surface area (Å²) in [5.74, 6) is 0.395. The molecule has 2 amide bonds. The van der Waals surface area contributed by atoms with Gasteiger partial charge in [-0.25, -0.2) is 0 Å². The highest BCUT2D eigenvalue weighted by atomic mass is 35.5. The van der Waals surface area contributed by atoms with Gasteiger partial charge in [0.2, 0.25) is 6.41 Å². The van der Waals surface area contributed by atoms with E-state index >= 15 is 0 Å². The number of hydrazine groups is 1. The van der Waals surface area contributed by atoms with Crippen LogP contribution in [0.2, 0.25) is 0 Å². The minimum Gasteiger partial charge on any atom is -0.277 e. The number of halogens is 1. The van der Waals surface area contributed by atoms with Crippen LogP contribution in [0.4, 0.5) is 0 Å². The van der Waals surface area contributed by atoms with Crippen LogP contribution in [0.3, 0.4) is 0 Å². The van der Waals surface area contributed by atoms with E-state index < -0.39 is 0 Å². The molecule has 0 saturated carbocycles. The van der Waals surface area contributed by atoms with E-state index in [4.69, 9.17) is 11.6 Å². The van der Waals surface area contributed by atoms with Crippen molar-refractivity contribution in [2.75, 3.05) is 5.88 Å². The summed E-state index contributed by atoms with van der Waals surface area (Å²) in [6.45, 7) is 3.83. The van der Waals surface area contributed by atoms with Gasteiger partial charge < -0.3 is 0 Å². The van der Waals surface area contributed by atoms with E-state index in [1.165, 1.54) is 0 Å². The van der Waals surface area contributed by atoms with Crippen molar-refractivity contribution in [2.24, 2.45) is 0 Å². The Kier molecular flexibility index (Phi) is 7.89. The van der Waals surface area contributed by atoms with Crippen LogP contribution in [-0.2, 0) is 4.79 Å². The van der Waals surface area contributed by atoms with Gasteiger partial charge >= 0.3 is 0 Å². The number of carbonyl (C=O) groups is 2. The average Bonchev–Trinajstić information content (AvgIpc) is 2.28. The second-order valence-electron chi connectivity index (χ2n) is 2.85. The molecule has 0 unspecified atom stereocenters. The van der Waals surface area contributed by atoms with Gasteiger partial charge in [0.05, 0.1) is 0 Å². The van der Waals surface area contributed by atoms with E-state index in [1.54, 1.807) is 12.1 Å². The van der Waals surface area contributed by atoms with E-state index in [-0.39, 0.29) is 5.91 Å². The summed E-state index contributed by atoms with van der Waals surface area (Å²) in [6, 6.07) is 7.04. The normalized spacial score (nSPS) is 8.44. The van der Waals surface area contributed by atoms with Gasteiger partial charge in [0.15, 0.2) is 0 Å². The molecule has 0 aliphatic rings. The Labute approximate surface area is 100.0 Å². The first-order chi connectivity index (χ1) is 7.65. The SMILES string of the molecule is CCCl.Cc1ccc(C(=O)NNC=O)cc1. The summed E-state index contributed by atoms with van der Waals surface area (Å²) in [4.78, 5) is 21.1. The first kappa shape index (κ1) is 14.5. The smallest absolute Gasteiger partial charge is 0.269 e. The second kappa shape index (κ2) is 8.73. The lowest BCUT2D eigenvalue weighted by Gasteiger charge is -2.02. The largest absolute Gasteiger partial charge is 0.277 e. The maximum absolute atomic E-state index is 11.2. The lowest BCUT2D eigenvalue weighted by molar-refractivity contribution is -0.110. The third-order valence-electron chi connectivity index (χ3n) is 1.56. The highest BCUT2D eigenvalue weighted by Gasteiger charge is 2.02. The molecule has 1 aromatic carbocycles. The molecule has 2 N–H and O–H groups in total. The highest BCUT2D eigenvalue weighted by molar-refractivity contribution is 6.17. The molecule has 0 radical (unpaired) electrons. The number of carbonyl (C=O) groups excluding carboxylic acids is 2. The van der Waals surface area contributed by atoms with Crippen LogP contribution in [0.25, 0.3) is 0 Å². The standard InChI is InChI=1S/C9H10N2O2.C2H5Cl/c1-7-2-4-8(5-3-7)9(13)11-10-6-12;1-2-3/h2-6H,1H3,(H,10,12)(H,11,13);2H2,1H3. The van der Waals surface area contributed by atoms with Gasteiger partial charge in [-0.15, -0.1) is 11.6 Å². The summed E-state index contributed by atoms with van der Waals surface area (Å²) in [7, 11) is 0. The van der Waals surface area contributed by atoms with E-state index in [2.05, 4.69) is 10.9 Å². The van der Waals surface area contributed by atoms with Crippen LogP contribution < -0.4 is 10.9 Å². The van der Waals surface area contributed by atoms with Crippen LogP contribution in [0.1, 0.15) is 22.8 Å². The maximum atomic E-state index is 11.2. The lowest BCUT2D eigenvalue weighted by atomic mass is 10.1. The molecule has 4 nitrogen and oxygen atoms in total. The van der Waals surface area contributed by atoms with Crippen molar-refractivity contribution in [3.8, 4) is 0 Å². The molecule has 0 fully saturated rings. The van der Waals surface area contributed by atoms with Gasteiger partial charge in [-0.3, -0.25) is 20.4 Å². The molecular formula is C11H15ClN2O2. The zero-order chi connectivity index (χ0) is 12.4. The Hall–Kier alpha value is -1.55. The lowest BCUT2D eigenvalue weighted by Crippen LogP contribution is -2.36. The van der Waals surface area contributed by atoms with Gasteiger partial charge in [-0.05, 0) is 19.1 Å². The summed E-state index contributed by atoms with van der Waals surface area (Å²) in [5.41, 5.74) is 5.89. The zero-order valence-electron chi connectivity index (χ0n) is 9.29. The molecule has 16 heavy (non-hydrogen) atoms. The average molecular weight is 243 g/mol. The summed E-state index contributed by atoms with van der Waals surface area (Å²) >= 11 is 5.00. The molecular weight excluding hydrogens is 228 g/mol. The number of aryl methyl sites for hydroxylation is 1. The van der Waals surface area contributed by atoms with Gasteiger partial charge in [0.1, 0.15) is 0 Å². The molecule has 0 aromatic heterocycles. The minimum atomic E-state index is -0.327. The fourth-order valence-corrected chi connectivity index (χ4v) is 0.872. The number of amides is 2. The Balaban J connectivity index is 0.000000673. The molecule has 0 saturated heterocycles. The number of hydrogen-bond acceptors (Lipinski definition) is 2. The Morgan fingerprint density at radius 3 is 2.31 bits per heavy atom. The van der Waals surface area contributed by atoms with Crippen molar-refractivity contribution >= 4 is 23.9 Å². The number of benzene rings is 1. The summed E-state index contributed by atoms with van der Waals surface area (Å²) in [6.07, 6.45) is 0.409. The number of hydrogen-bond donors (Lipinski definition) is 2. The molecule has 0 aliphatic heterocycles. The van der Waals surface area contributed by atoms with Gasteiger partial charge in [0, 0.05) is 11.4 Å². The van der Waals surface area contributed by atoms with Gasteiger partial charge in [-0.2, -0.15) is 0 Å². The van der Waals surface area contributed by atoms with Crippen molar-refractivity contribution in [1.29, 1.82) is 0 Å². The van der Waals surface area contributed by atoms with Crippen molar-refractivity contribution < 1.29 is 9.59 Å².